The van der Waals surface area contributed by atoms with Gasteiger partial charge in [-0.1, -0.05) is 37.3 Å². The molecule has 0 aliphatic carbocycles. The molecule has 0 aliphatic rings. The molecule has 0 bridgehead atoms. The summed E-state index contributed by atoms with van der Waals surface area (Å²) in [6.45, 7) is 4.24. The van der Waals surface area contributed by atoms with E-state index >= 15 is 0 Å². The van der Waals surface area contributed by atoms with Gasteiger partial charge in [-0.15, -0.1) is 0 Å². The van der Waals surface area contributed by atoms with Crippen molar-refractivity contribution >= 4 is 16.3 Å². The van der Waals surface area contributed by atoms with Crippen LogP contribution < -0.4 is 9.47 Å². The Balaban J connectivity index is 2.80. The van der Waals surface area contributed by atoms with Gasteiger partial charge in [0.2, 0.25) is 0 Å². The fraction of sp³-hybridized carbons (Fsp3) is 0.294. The van der Waals surface area contributed by atoms with Crippen molar-refractivity contribution in [1.82, 2.24) is 0 Å². The summed E-state index contributed by atoms with van der Waals surface area (Å²) < 4.78 is 11.1. The van der Waals surface area contributed by atoms with E-state index in [1.807, 2.05) is 12.1 Å². The van der Waals surface area contributed by atoms with Crippen LogP contribution in [0.4, 0.5) is 0 Å². The Morgan fingerprint density at radius 1 is 1.11 bits per heavy atom. The van der Waals surface area contributed by atoms with Crippen molar-refractivity contribution < 1.29 is 9.47 Å². The largest absolute Gasteiger partial charge is 0.496 e. The maximum Gasteiger partial charge on any atom is 0.134 e. The predicted molar refractivity (Wildman–Crippen MR) is 81.0 cm³/mol. The first-order chi connectivity index (χ1) is 9.22. The lowest BCUT2D eigenvalue weighted by molar-refractivity contribution is 0.409. The normalized spacial score (nSPS) is 11.7. The lowest BCUT2D eigenvalue weighted by Gasteiger charge is -2.15. The third kappa shape index (κ3) is 2.43. The average Bonchev–Trinajstić information content (AvgIpc) is 2.45. The summed E-state index contributed by atoms with van der Waals surface area (Å²) in [6, 6.07) is 10.2. The van der Waals surface area contributed by atoms with Gasteiger partial charge in [-0.25, -0.2) is 0 Å². The van der Waals surface area contributed by atoms with E-state index in [-0.39, 0.29) is 0 Å². The molecule has 2 heteroatoms. The van der Waals surface area contributed by atoms with Gasteiger partial charge in [-0.2, -0.15) is 0 Å². The molecule has 0 spiro atoms. The maximum absolute atomic E-state index is 5.63. The van der Waals surface area contributed by atoms with Gasteiger partial charge in [0.05, 0.1) is 14.2 Å². The van der Waals surface area contributed by atoms with Crippen molar-refractivity contribution in [1.29, 1.82) is 0 Å². The number of fused-ring (bicyclic) bond motifs is 1. The van der Waals surface area contributed by atoms with Gasteiger partial charge in [0.25, 0.3) is 0 Å². The molecule has 2 nitrogen and oxygen atoms in total. The molecule has 0 amide bonds. The number of hydrogen-bond acceptors (Lipinski definition) is 2. The molecule has 0 aliphatic heterocycles. The van der Waals surface area contributed by atoms with Crippen molar-refractivity contribution in [3.63, 3.8) is 0 Å². The van der Waals surface area contributed by atoms with Crippen LogP contribution in [0.3, 0.4) is 0 Å². The fourth-order valence-corrected chi connectivity index (χ4v) is 2.41. The standard InChI is InChI=1S/C17H20O2/c1-5-8-12(2)15-11-16(18-3)13-9-6-7-10-14(13)17(15)19-4/h6-11H,5H2,1-4H3/b12-8+. The predicted octanol–water partition coefficient (Wildman–Crippen LogP) is 4.67. The van der Waals surface area contributed by atoms with E-state index in [1.165, 1.54) is 5.57 Å². The molecular weight excluding hydrogens is 236 g/mol. The number of methoxy groups -OCH3 is 2. The van der Waals surface area contributed by atoms with Crippen LogP contribution in [0.2, 0.25) is 0 Å². The minimum absolute atomic E-state index is 0.884. The second-order valence-electron chi connectivity index (χ2n) is 4.50. The summed E-state index contributed by atoms with van der Waals surface area (Å²) in [4.78, 5) is 0. The van der Waals surface area contributed by atoms with Crippen LogP contribution in [0.25, 0.3) is 16.3 Å². The van der Waals surface area contributed by atoms with Crippen molar-refractivity contribution in [2.75, 3.05) is 14.2 Å². The molecule has 0 unspecified atom stereocenters. The molecule has 2 aromatic rings. The van der Waals surface area contributed by atoms with Gasteiger partial charge >= 0.3 is 0 Å². The number of hydrogen-bond donors (Lipinski definition) is 0. The number of rotatable bonds is 4. The second-order valence-corrected chi connectivity index (χ2v) is 4.50. The van der Waals surface area contributed by atoms with E-state index < -0.39 is 0 Å². The van der Waals surface area contributed by atoms with Crippen LogP contribution in [0.1, 0.15) is 25.8 Å². The van der Waals surface area contributed by atoms with E-state index in [0.717, 1.165) is 34.3 Å². The minimum Gasteiger partial charge on any atom is -0.496 e. The summed E-state index contributed by atoms with van der Waals surface area (Å²) in [7, 11) is 3.42. The smallest absolute Gasteiger partial charge is 0.134 e. The summed E-state index contributed by atoms with van der Waals surface area (Å²) in [5.74, 6) is 1.80. The first-order valence-electron chi connectivity index (χ1n) is 6.53. The SMILES string of the molecule is CC/C=C(\C)c1cc(OC)c2ccccc2c1OC. The second kappa shape index (κ2) is 5.79. The molecule has 0 atom stereocenters. The van der Waals surface area contributed by atoms with E-state index in [2.05, 4.69) is 38.1 Å². The third-order valence-corrected chi connectivity index (χ3v) is 3.32. The van der Waals surface area contributed by atoms with E-state index in [4.69, 9.17) is 9.47 Å². The Kier molecular flexibility index (Phi) is 4.10. The van der Waals surface area contributed by atoms with Crippen molar-refractivity contribution in [2.24, 2.45) is 0 Å². The molecule has 0 heterocycles. The Hall–Kier alpha value is -1.96. The molecule has 0 aromatic heterocycles. The number of ether oxygens (including phenoxy) is 2. The summed E-state index contributed by atoms with van der Waals surface area (Å²) in [5.41, 5.74) is 2.31. The van der Waals surface area contributed by atoms with Crippen LogP contribution in [-0.2, 0) is 0 Å². The molecule has 0 saturated carbocycles. The van der Waals surface area contributed by atoms with E-state index in [9.17, 15) is 0 Å². The van der Waals surface area contributed by atoms with Gasteiger partial charge in [0.1, 0.15) is 11.5 Å². The van der Waals surface area contributed by atoms with Crippen LogP contribution in [0.15, 0.2) is 36.4 Å². The van der Waals surface area contributed by atoms with Gasteiger partial charge in [0, 0.05) is 16.3 Å². The highest BCUT2D eigenvalue weighted by molar-refractivity contribution is 5.97. The topological polar surface area (TPSA) is 18.5 Å². The van der Waals surface area contributed by atoms with Crippen molar-refractivity contribution in [3.05, 3.63) is 42.0 Å². The van der Waals surface area contributed by atoms with Crippen LogP contribution in [-0.4, -0.2) is 14.2 Å². The molecule has 19 heavy (non-hydrogen) atoms. The maximum atomic E-state index is 5.63. The molecule has 2 rings (SSSR count). The molecule has 2 aromatic carbocycles. The van der Waals surface area contributed by atoms with E-state index in [0.29, 0.717) is 0 Å². The molecule has 100 valence electrons. The fourth-order valence-electron chi connectivity index (χ4n) is 2.41. The Bertz CT molecular complexity index is 612. The van der Waals surface area contributed by atoms with Crippen LogP contribution >= 0.6 is 0 Å². The lowest BCUT2D eigenvalue weighted by Crippen LogP contribution is -1.95. The first-order valence-corrected chi connectivity index (χ1v) is 6.53. The van der Waals surface area contributed by atoms with E-state index in [1.54, 1.807) is 14.2 Å². The van der Waals surface area contributed by atoms with Crippen molar-refractivity contribution in [2.45, 2.75) is 20.3 Å². The highest BCUT2D eigenvalue weighted by Gasteiger charge is 2.13. The molecule has 0 N–H and O–H groups in total. The summed E-state index contributed by atoms with van der Waals surface area (Å²) >= 11 is 0. The minimum atomic E-state index is 0.884. The van der Waals surface area contributed by atoms with Gasteiger partial charge in [-0.05, 0) is 25.0 Å². The quantitative estimate of drug-likeness (QED) is 0.791. The molecule has 0 fully saturated rings. The Labute approximate surface area is 114 Å². The molecule has 0 saturated heterocycles. The van der Waals surface area contributed by atoms with Crippen molar-refractivity contribution in [3.8, 4) is 11.5 Å². The average molecular weight is 256 g/mol. The third-order valence-electron chi connectivity index (χ3n) is 3.32. The summed E-state index contributed by atoms with van der Waals surface area (Å²) in [5, 5.41) is 2.16. The zero-order chi connectivity index (χ0) is 13.8. The highest BCUT2D eigenvalue weighted by atomic mass is 16.5. The Morgan fingerprint density at radius 3 is 2.37 bits per heavy atom. The zero-order valence-electron chi connectivity index (χ0n) is 12.0. The van der Waals surface area contributed by atoms with Gasteiger partial charge in [-0.3, -0.25) is 0 Å². The molecular formula is C17H20O2. The highest BCUT2D eigenvalue weighted by Crippen LogP contribution is 2.39. The van der Waals surface area contributed by atoms with Gasteiger partial charge < -0.3 is 9.47 Å². The van der Waals surface area contributed by atoms with Crippen LogP contribution in [0, 0.1) is 0 Å². The number of allylic oxidation sites excluding steroid dienone is 2. The van der Waals surface area contributed by atoms with Crippen LogP contribution in [0.5, 0.6) is 11.5 Å². The van der Waals surface area contributed by atoms with Gasteiger partial charge in [0.15, 0.2) is 0 Å². The number of benzene rings is 2. The first kappa shape index (κ1) is 13.5. The Morgan fingerprint density at radius 2 is 1.79 bits per heavy atom. The lowest BCUT2D eigenvalue weighted by atomic mass is 9.99. The molecule has 0 radical (unpaired) electrons. The zero-order valence-corrected chi connectivity index (χ0v) is 12.0. The summed E-state index contributed by atoms with van der Waals surface area (Å²) in [6.07, 6.45) is 3.20. The monoisotopic (exact) mass is 256 g/mol.